The van der Waals surface area contributed by atoms with Gasteiger partial charge in [0.25, 0.3) is 0 Å². The average molecular weight is 328 g/mol. The molecule has 1 aromatic heterocycles. The fourth-order valence-electron chi connectivity index (χ4n) is 3.00. The summed E-state index contributed by atoms with van der Waals surface area (Å²) in [5.74, 6) is 0.248. The lowest BCUT2D eigenvalue weighted by molar-refractivity contribution is 0.475. The van der Waals surface area contributed by atoms with E-state index in [1.807, 2.05) is 63.2 Å². The standard InChI is InChI=1S/C22H20N2O/c1-15-4-6-18(7-5-15)20(14-23)13-19-12-16(2)24(17(19)3)21-8-10-22(25)11-9-21/h4-13,25H,1-3H3/b20-13-. The number of nitrogens with zero attached hydrogens (tertiary/aromatic N) is 2. The lowest BCUT2D eigenvalue weighted by Gasteiger charge is -2.09. The van der Waals surface area contributed by atoms with Crippen molar-refractivity contribution >= 4 is 11.6 Å². The smallest absolute Gasteiger partial charge is 0.115 e. The van der Waals surface area contributed by atoms with Gasteiger partial charge in [-0.1, -0.05) is 29.8 Å². The summed E-state index contributed by atoms with van der Waals surface area (Å²) in [4.78, 5) is 0. The molecule has 0 amide bonds. The molecule has 1 heterocycles. The maximum Gasteiger partial charge on any atom is 0.115 e. The Morgan fingerprint density at radius 3 is 2.24 bits per heavy atom. The zero-order valence-electron chi connectivity index (χ0n) is 14.6. The Kier molecular flexibility index (Phi) is 4.45. The number of rotatable bonds is 3. The Bertz CT molecular complexity index is 969. The minimum Gasteiger partial charge on any atom is -0.508 e. The van der Waals surface area contributed by atoms with Gasteiger partial charge in [-0.3, -0.25) is 0 Å². The molecule has 0 unspecified atom stereocenters. The highest BCUT2D eigenvalue weighted by Crippen LogP contribution is 2.26. The average Bonchev–Trinajstić information content (AvgIpc) is 2.88. The van der Waals surface area contributed by atoms with Crippen molar-refractivity contribution in [3.05, 3.63) is 82.7 Å². The van der Waals surface area contributed by atoms with Crippen molar-refractivity contribution in [2.45, 2.75) is 20.8 Å². The zero-order valence-corrected chi connectivity index (χ0v) is 14.6. The van der Waals surface area contributed by atoms with E-state index in [2.05, 4.69) is 16.7 Å². The van der Waals surface area contributed by atoms with Crippen molar-refractivity contribution in [2.24, 2.45) is 0 Å². The van der Waals surface area contributed by atoms with Gasteiger partial charge in [0.15, 0.2) is 0 Å². The number of aromatic nitrogens is 1. The molecule has 0 bridgehead atoms. The Labute approximate surface area is 148 Å². The van der Waals surface area contributed by atoms with E-state index in [4.69, 9.17) is 0 Å². The molecule has 124 valence electrons. The second kappa shape index (κ2) is 6.70. The van der Waals surface area contributed by atoms with Gasteiger partial charge in [-0.05, 0) is 68.3 Å². The Morgan fingerprint density at radius 1 is 1.00 bits per heavy atom. The van der Waals surface area contributed by atoms with E-state index < -0.39 is 0 Å². The molecule has 0 saturated carbocycles. The number of allylic oxidation sites excluding steroid dienone is 1. The molecule has 0 atom stereocenters. The van der Waals surface area contributed by atoms with Gasteiger partial charge in [-0.15, -0.1) is 0 Å². The quantitative estimate of drug-likeness (QED) is 0.674. The number of hydrogen-bond donors (Lipinski definition) is 1. The van der Waals surface area contributed by atoms with Crippen molar-refractivity contribution in [3.8, 4) is 17.5 Å². The number of hydrogen-bond acceptors (Lipinski definition) is 2. The molecule has 25 heavy (non-hydrogen) atoms. The molecule has 0 radical (unpaired) electrons. The van der Waals surface area contributed by atoms with E-state index in [0.29, 0.717) is 5.57 Å². The van der Waals surface area contributed by atoms with Crippen LogP contribution in [0.1, 0.15) is 28.1 Å². The minimum absolute atomic E-state index is 0.248. The van der Waals surface area contributed by atoms with Crippen LogP contribution in [0.15, 0.2) is 54.6 Å². The van der Waals surface area contributed by atoms with E-state index in [1.165, 1.54) is 5.56 Å². The van der Waals surface area contributed by atoms with E-state index in [-0.39, 0.29) is 5.75 Å². The van der Waals surface area contributed by atoms with Crippen LogP contribution in [0.25, 0.3) is 17.3 Å². The Morgan fingerprint density at radius 2 is 1.64 bits per heavy atom. The molecule has 3 heteroatoms. The molecule has 3 aromatic rings. The summed E-state index contributed by atoms with van der Waals surface area (Å²) in [7, 11) is 0. The topological polar surface area (TPSA) is 49.0 Å². The van der Waals surface area contributed by atoms with Crippen molar-refractivity contribution in [1.82, 2.24) is 4.57 Å². The van der Waals surface area contributed by atoms with Crippen molar-refractivity contribution in [2.75, 3.05) is 0 Å². The summed E-state index contributed by atoms with van der Waals surface area (Å²) in [6.07, 6.45) is 1.93. The summed E-state index contributed by atoms with van der Waals surface area (Å²) >= 11 is 0. The SMILES string of the molecule is Cc1ccc(/C(C#N)=C\c2cc(C)n(-c3ccc(O)cc3)c2C)cc1. The molecule has 0 spiro atoms. The fourth-order valence-corrected chi connectivity index (χ4v) is 3.00. The van der Waals surface area contributed by atoms with Crippen LogP contribution in [0.4, 0.5) is 0 Å². The largest absolute Gasteiger partial charge is 0.508 e. The van der Waals surface area contributed by atoms with Crippen LogP contribution in [-0.4, -0.2) is 9.67 Å². The Balaban J connectivity index is 2.06. The van der Waals surface area contributed by atoms with Crippen LogP contribution in [-0.2, 0) is 0 Å². The van der Waals surface area contributed by atoms with Gasteiger partial charge in [0.2, 0.25) is 0 Å². The molecule has 3 rings (SSSR count). The first kappa shape index (κ1) is 16.6. The van der Waals surface area contributed by atoms with Crippen LogP contribution in [0.3, 0.4) is 0 Å². The number of benzene rings is 2. The van der Waals surface area contributed by atoms with Gasteiger partial charge < -0.3 is 9.67 Å². The maximum atomic E-state index is 9.57. The molecular weight excluding hydrogens is 308 g/mol. The maximum absolute atomic E-state index is 9.57. The van der Waals surface area contributed by atoms with Crippen LogP contribution in [0.2, 0.25) is 0 Å². The van der Waals surface area contributed by atoms with Gasteiger partial charge in [0, 0.05) is 17.1 Å². The van der Waals surface area contributed by atoms with Gasteiger partial charge in [-0.2, -0.15) is 5.26 Å². The van der Waals surface area contributed by atoms with E-state index in [1.54, 1.807) is 12.1 Å². The summed E-state index contributed by atoms with van der Waals surface area (Å²) < 4.78 is 2.12. The monoisotopic (exact) mass is 328 g/mol. The van der Waals surface area contributed by atoms with Crippen LogP contribution < -0.4 is 0 Å². The van der Waals surface area contributed by atoms with Gasteiger partial charge in [0.05, 0.1) is 11.6 Å². The zero-order chi connectivity index (χ0) is 18.0. The van der Waals surface area contributed by atoms with Gasteiger partial charge >= 0.3 is 0 Å². The van der Waals surface area contributed by atoms with E-state index >= 15 is 0 Å². The highest BCUT2D eigenvalue weighted by atomic mass is 16.3. The van der Waals surface area contributed by atoms with Crippen molar-refractivity contribution in [1.29, 1.82) is 5.26 Å². The van der Waals surface area contributed by atoms with Crippen molar-refractivity contribution in [3.63, 3.8) is 0 Å². The second-order valence-corrected chi connectivity index (χ2v) is 6.21. The number of phenols is 1. The third-order valence-electron chi connectivity index (χ3n) is 4.36. The summed E-state index contributed by atoms with van der Waals surface area (Å²) in [6, 6.07) is 19.5. The first-order valence-electron chi connectivity index (χ1n) is 8.17. The molecule has 0 aliphatic heterocycles. The summed E-state index contributed by atoms with van der Waals surface area (Å²) in [5, 5.41) is 19.1. The van der Waals surface area contributed by atoms with Gasteiger partial charge in [0.1, 0.15) is 5.75 Å². The first-order valence-corrected chi connectivity index (χ1v) is 8.17. The van der Waals surface area contributed by atoms with Gasteiger partial charge in [-0.25, -0.2) is 0 Å². The van der Waals surface area contributed by atoms with Crippen LogP contribution in [0.5, 0.6) is 5.75 Å². The normalized spacial score (nSPS) is 11.4. The summed E-state index contributed by atoms with van der Waals surface area (Å²) in [5.41, 5.74) is 6.88. The molecule has 1 N–H and O–H groups in total. The molecule has 0 aliphatic carbocycles. The Hall–Kier alpha value is -3.25. The number of phenolic OH excluding ortho intramolecular Hbond substituents is 1. The first-order chi connectivity index (χ1) is 12.0. The fraction of sp³-hybridized carbons (Fsp3) is 0.136. The van der Waals surface area contributed by atoms with E-state index in [0.717, 1.165) is 28.2 Å². The number of aryl methyl sites for hydroxylation is 2. The molecule has 2 aromatic carbocycles. The molecular formula is C22H20N2O. The third-order valence-corrected chi connectivity index (χ3v) is 4.36. The van der Waals surface area contributed by atoms with Crippen LogP contribution in [0, 0.1) is 32.1 Å². The third kappa shape index (κ3) is 3.34. The minimum atomic E-state index is 0.248. The highest BCUT2D eigenvalue weighted by molar-refractivity contribution is 5.90. The lowest BCUT2D eigenvalue weighted by atomic mass is 10.0. The highest BCUT2D eigenvalue weighted by Gasteiger charge is 2.11. The second-order valence-electron chi connectivity index (χ2n) is 6.21. The molecule has 3 nitrogen and oxygen atoms in total. The number of aromatic hydroxyl groups is 1. The van der Waals surface area contributed by atoms with Crippen LogP contribution >= 0.6 is 0 Å². The summed E-state index contributed by atoms with van der Waals surface area (Å²) in [6.45, 7) is 6.11. The predicted molar refractivity (Wildman–Crippen MR) is 102 cm³/mol. The van der Waals surface area contributed by atoms with Crippen molar-refractivity contribution < 1.29 is 5.11 Å². The number of nitriles is 1. The lowest BCUT2D eigenvalue weighted by Crippen LogP contribution is -1.98. The predicted octanol–water partition coefficient (Wildman–Crippen LogP) is 5.17. The molecule has 0 fully saturated rings. The molecule has 0 saturated heterocycles. The molecule has 0 aliphatic rings. The van der Waals surface area contributed by atoms with E-state index in [9.17, 15) is 10.4 Å².